The summed E-state index contributed by atoms with van der Waals surface area (Å²) in [6.07, 6.45) is 1.54. The van der Waals surface area contributed by atoms with E-state index in [1.807, 2.05) is 36.4 Å². The molecule has 20 heavy (non-hydrogen) atoms. The summed E-state index contributed by atoms with van der Waals surface area (Å²) in [5.41, 5.74) is 2.90. The molecule has 0 saturated carbocycles. The molecule has 2 heterocycles. The lowest BCUT2D eigenvalue weighted by Gasteiger charge is -2.03. The van der Waals surface area contributed by atoms with Gasteiger partial charge in [-0.2, -0.15) is 5.10 Å². The van der Waals surface area contributed by atoms with Crippen molar-refractivity contribution in [3.8, 4) is 11.3 Å². The summed E-state index contributed by atoms with van der Waals surface area (Å²) < 4.78 is 2.56. The maximum Gasteiger partial charge on any atom is 0.309 e. The van der Waals surface area contributed by atoms with Crippen molar-refractivity contribution in [2.75, 3.05) is 0 Å². The van der Waals surface area contributed by atoms with Crippen LogP contribution in [0.1, 0.15) is 5.69 Å². The molecule has 0 spiro atoms. The van der Waals surface area contributed by atoms with E-state index in [1.54, 1.807) is 10.7 Å². The van der Waals surface area contributed by atoms with E-state index in [2.05, 4.69) is 26.0 Å². The molecule has 1 N–H and O–H groups in total. The van der Waals surface area contributed by atoms with Crippen LogP contribution in [-0.2, 0) is 11.2 Å². The molecule has 3 rings (SSSR count). The van der Waals surface area contributed by atoms with E-state index < -0.39 is 5.97 Å². The highest BCUT2D eigenvalue weighted by molar-refractivity contribution is 9.10. The molecule has 0 radical (unpaired) electrons. The van der Waals surface area contributed by atoms with E-state index >= 15 is 0 Å². The number of hydrogen-bond donors (Lipinski definition) is 1. The molecule has 5 nitrogen and oxygen atoms in total. The van der Waals surface area contributed by atoms with Crippen molar-refractivity contribution in [1.29, 1.82) is 0 Å². The summed E-state index contributed by atoms with van der Waals surface area (Å²) in [4.78, 5) is 14.9. The Labute approximate surface area is 123 Å². The van der Waals surface area contributed by atoms with Gasteiger partial charge in [0.1, 0.15) is 0 Å². The Morgan fingerprint density at radius 1 is 1.25 bits per heavy atom. The molecule has 0 unspecified atom stereocenters. The molecule has 0 atom stereocenters. The van der Waals surface area contributed by atoms with E-state index in [0.717, 1.165) is 15.7 Å². The molecule has 0 bridgehead atoms. The first kappa shape index (κ1) is 12.8. The van der Waals surface area contributed by atoms with Crippen molar-refractivity contribution < 1.29 is 9.90 Å². The third kappa shape index (κ3) is 2.42. The third-order valence-electron chi connectivity index (χ3n) is 2.85. The summed E-state index contributed by atoms with van der Waals surface area (Å²) in [5, 5.41) is 13.3. The first-order chi connectivity index (χ1) is 9.63. The van der Waals surface area contributed by atoms with Crippen molar-refractivity contribution in [2.24, 2.45) is 0 Å². The van der Waals surface area contributed by atoms with Crippen LogP contribution in [0, 0.1) is 0 Å². The minimum Gasteiger partial charge on any atom is -0.481 e. The number of carboxylic acid groups (broad SMARTS) is 1. The summed E-state index contributed by atoms with van der Waals surface area (Å²) in [6.45, 7) is 0. The molecular weight excluding hydrogens is 322 g/mol. The van der Waals surface area contributed by atoms with Gasteiger partial charge >= 0.3 is 5.97 Å². The second-order valence-electron chi connectivity index (χ2n) is 4.30. The first-order valence-electron chi connectivity index (χ1n) is 5.95. The molecule has 0 fully saturated rings. The van der Waals surface area contributed by atoms with Crippen LogP contribution in [0.3, 0.4) is 0 Å². The molecule has 0 saturated heterocycles. The van der Waals surface area contributed by atoms with Crippen LogP contribution in [0.2, 0.25) is 0 Å². The quantitative estimate of drug-likeness (QED) is 0.801. The largest absolute Gasteiger partial charge is 0.481 e. The van der Waals surface area contributed by atoms with Crippen LogP contribution >= 0.6 is 15.9 Å². The van der Waals surface area contributed by atoms with Crippen LogP contribution < -0.4 is 0 Å². The van der Waals surface area contributed by atoms with Gasteiger partial charge in [-0.3, -0.25) is 4.79 Å². The van der Waals surface area contributed by atoms with Gasteiger partial charge in [-0.05, 0) is 18.2 Å². The first-order valence-corrected chi connectivity index (χ1v) is 6.75. The van der Waals surface area contributed by atoms with Gasteiger partial charge in [0.05, 0.1) is 24.0 Å². The summed E-state index contributed by atoms with van der Waals surface area (Å²) in [5.74, 6) is -0.903. The predicted octanol–water partition coefficient (Wildman–Crippen LogP) is 2.79. The fraction of sp³-hybridized carbons (Fsp3) is 0.0714. The van der Waals surface area contributed by atoms with Crippen molar-refractivity contribution >= 4 is 27.5 Å². The third-order valence-corrected chi connectivity index (χ3v) is 3.54. The minimum atomic E-state index is -0.903. The van der Waals surface area contributed by atoms with Crippen molar-refractivity contribution in [1.82, 2.24) is 14.6 Å². The second-order valence-corrected chi connectivity index (χ2v) is 5.16. The number of halogens is 1. The Hall–Kier alpha value is -2.21. The van der Waals surface area contributed by atoms with E-state index in [1.165, 1.54) is 0 Å². The number of carboxylic acids is 1. The number of hydrogen-bond acceptors (Lipinski definition) is 3. The van der Waals surface area contributed by atoms with Crippen LogP contribution in [0.15, 0.2) is 47.1 Å². The standard InChI is InChI=1S/C14H10BrN3O2/c15-11-4-2-1-3-10(11)12-5-6-13-16-9(7-14(19)20)8-18(13)17-12/h1-6,8H,7H2,(H,19,20). The lowest BCUT2D eigenvalue weighted by atomic mass is 10.1. The summed E-state index contributed by atoms with van der Waals surface area (Å²) >= 11 is 3.49. The highest BCUT2D eigenvalue weighted by Gasteiger charge is 2.09. The molecular formula is C14H10BrN3O2. The zero-order chi connectivity index (χ0) is 14.1. The van der Waals surface area contributed by atoms with E-state index in [0.29, 0.717) is 11.3 Å². The molecule has 2 aromatic heterocycles. The van der Waals surface area contributed by atoms with Gasteiger partial charge in [0.15, 0.2) is 5.65 Å². The smallest absolute Gasteiger partial charge is 0.309 e. The Bertz CT molecular complexity index is 798. The zero-order valence-corrected chi connectivity index (χ0v) is 11.9. The van der Waals surface area contributed by atoms with Gasteiger partial charge in [0.2, 0.25) is 0 Å². The SMILES string of the molecule is O=C(O)Cc1cn2nc(-c3ccccc3Br)ccc2n1. The number of fused-ring (bicyclic) bond motifs is 1. The summed E-state index contributed by atoms with van der Waals surface area (Å²) in [6, 6.07) is 11.5. The topological polar surface area (TPSA) is 67.5 Å². The fourth-order valence-electron chi connectivity index (χ4n) is 1.98. The monoisotopic (exact) mass is 331 g/mol. The van der Waals surface area contributed by atoms with E-state index in [9.17, 15) is 4.79 Å². The van der Waals surface area contributed by atoms with Gasteiger partial charge in [-0.15, -0.1) is 0 Å². The molecule has 3 aromatic rings. The molecule has 0 aliphatic heterocycles. The van der Waals surface area contributed by atoms with Crippen molar-refractivity contribution in [2.45, 2.75) is 6.42 Å². The molecule has 0 aliphatic carbocycles. The van der Waals surface area contributed by atoms with Gasteiger partial charge < -0.3 is 5.11 Å². The molecule has 0 aliphatic rings. The van der Waals surface area contributed by atoms with Crippen molar-refractivity contribution in [3.05, 3.63) is 52.8 Å². The van der Waals surface area contributed by atoms with Gasteiger partial charge in [0, 0.05) is 10.0 Å². The molecule has 1 aromatic carbocycles. The highest BCUT2D eigenvalue weighted by atomic mass is 79.9. The summed E-state index contributed by atoms with van der Waals surface area (Å²) in [7, 11) is 0. The number of benzene rings is 1. The number of imidazole rings is 1. The fourth-order valence-corrected chi connectivity index (χ4v) is 2.47. The van der Waals surface area contributed by atoms with Gasteiger partial charge in [0.25, 0.3) is 0 Å². The van der Waals surface area contributed by atoms with Crippen LogP contribution in [-0.4, -0.2) is 25.7 Å². The average molecular weight is 332 g/mol. The number of aromatic nitrogens is 3. The predicted molar refractivity (Wildman–Crippen MR) is 77.5 cm³/mol. The zero-order valence-electron chi connectivity index (χ0n) is 10.3. The Morgan fingerprint density at radius 3 is 2.80 bits per heavy atom. The lowest BCUT2D eigenvalue weighted by molar-refractivity contribution is -0.136. The van der Waals surface area contributed by atoms with Crippen LogP contribution in [0.5, 0.6) is 0 Å². The van der Waals surface area contributed by atoms with Crippen molar-refractivity contribution in [3.63, 3.8) is 0 Å². The van der Waals surface area contributed by atoms with Crippen LogP contribution in [0.25, 0.3) is 16.9 Å². The lowest BCUT2D eigenvalue weighted by Crippen LogP contribution is -1.99. The second kappa shape index (κ2) is 5.05. The van der Waals surface area contributed by atoms with E-state index in [-0.39, 0.29) is 6.42 Å². The molecule has 6 heteroatoms. The number of carbonyl (C=O) groups is 1. The minimum absolute atomic E-state index is 0.103. The number of aliphatic carboxylic acids is 1. The van der Waals surface area contributed by atoms with Crippen LogP contribution in [0.4, 0.5) is 0 Å². The maximum absolute atomic E-state index is 10.7. The molecule has 100 valence electrons. The number of nitrogens with zero attached hydrogens (tertiary/aromatic N) is 3. The number of rotatable bonds is 3. The maximum atomic E-state index is 10.7. The highest BCUT2D eigenvalue weighted by Crippen LogP contribution is 2.26. The average Bonchev–Trinajstić information content (AvgIpc) is 2.79. The van der Waals surface area contributed by atoms with Gasteiger partial charge in [-0.25, -0.2) is 9.50 Å². The normalized spacial score (nSPS) is 10.8. The Morgan fingerprint density at radius 2 is 2.05 bits per heavy atom. The van der Waals surface area contributed by atoms with Gasteiger partial charge in [-0.1, -0.05) is 34.1 Å². The van der Waals surface area contributed by atoms with E-state index in [4.69, 9.17) is 5.11 Å². The Kier molecular flexibility index (Phi) is 3.23. The molecule has 0 amide bonds. The Balaban J connectivity index is 2.07.